The van der Waals surface area contributed by atoms with Crippen molar-refractivity contribution in [2.24, 2.45) is 0 Å². The summed E-state index contributed by atoms with van der Waals surface area (Å²) >= 11 is 0. The standard InChI is InChI=1S/C21H29NO3/c1-24-15-13-19-9-11-21(12-10-19)25-17-20(23)16-22-14-5-8-18-6-3-2-4-7-18/h2-4,6-7,9-12,20,22-23H,5,8,13-17H2,1H3. The highest BCUT2D eigenvalue weighted by Crippen LogP contribution is 2.13. The van der Waals surface area contributed by atoms with E-state index in [-0.39, 0.29) is 0 Å². The first kappa shape index (κ1) is 19.4. The lowest BCUT2D eigenvalue weighted by atomic mass is 10.1. The van der Waals surface area contributed by atoms with Crippen molar-refractivity contribution >= 4 is 0 Å². The van der Waals surface area contributed by atoms with Gasteiger partial charge in [-0.2, -0.15) is 0 Å². The quantitative estimate of drug-likeness (QED) is 0.582. The van der Waals surface area contributed by atoms with Crippen LogP contribution in [0.25, 0.3) is 0 Å². The zero-order chi connectivity index (χ0) is 17.7. The van der Waals surface area contributed by atoms with Gasteiger partial charge in [0.2, 0.25) is 0 Å². The van der Waals surface area contributed by atoms with Gasteiger partial charge in [0.1, 0.15) is 18.5 Å². The van der Waals surface area contributed by atoms with E-state index < -0.39 is 6.10 Å². The van der Waals surface area contributed by atoms with Crippen molar-refractivity contribution in [1.82, 2.24) is 5.32 Å². The molecule has 0 heterocycles. The number of aliphatic hydroxyl groups is 1. The Labute approximate surface area is 150 Å². The van der Waals surface area contributed by atoms with Crippen LogP contribution in [-0.4, -0.2) is 44.6 Å². The lowest BCUT2D eigenvalue weighted by molar-refractivity contribution is 0.106. The monoisotopic (exact) mass is 343 g/mol. The summed E-state index contributed by atoms with van der Waals surface area (Å²) < 4.78 is 10.7. The highest BCUT2D eigenvalue weighted by molar-refractivity contribution is 5.27. The van der Waals surface area contributed by atoms with E-state index in [0.717, 1.165) is 38.2 Å². The van der Waals surface area contributed by atoms with Gasteiger partial charge in [-0.25, -0.2) is 0 Å². The molecule has 2 aromatic rings. The molecule has 25 heavy (non-hydrogen) atoms. The fourth-order valence-electron chi connectivity index (χ4n) is 2.55. The number of hydrogen-bond acceptors (Lipinski definition) is 4. The molecule has 0 saturated carbocycles. The molecule has 136 valence electrons. The molecular weight excluding hydrogens is 314 g/mol. The molecule has 2 rings (SSSR count). The number of benzene rings is 2. The number of aryl methyl sites for hydroxylation is 1. The summed E-state index contributed by atoms with van der Waals surface area (Å²) in [7, 11) is 1.70. The van der Waals surface area contributed by atoms with Crippen molar-refractivity contribution in [2.45, 2.75) is 25.4 Å². The average Bonchev–Trinajstić information content (AvgIpc) is 2.66. The summed E-state index contributed by atoms with van der Waals surface area (Å²) in [4.78, 5) is 0. The maximum atomic E-state index is 9.99. The van der Waals surface area contributed by atoms with Gasteiger partial charge < -0.3 is 19.9 Å². The number of hydrogen-bond donors (Lipinski definition) is 2. The Balaban J connectivity index is 1.55. The van der Waals surface area contributed by atoms with Crippen LogP contribution in [0.3, 0.4) is 0 Å². The number of aliphatic hydroxyl groups excluding tert-OH is 1. The molecule has 0 aromatic heterocycles. The Hall–Kier alpha value is -1.88. The molecule has 0 fully saturated rings. The van der Waals surface area contributed by atoms with Gasteiger partial charge >= 0.3 is 0 Å². The van der Waals surface area contributed by atoms with Crippen LogP contribution in [0, 0.1) is 0 Å². The van der Waals surface area contributed by atoms with Crippen molar-refractivity contribution in [1.29, 1.82) is 0 Å². The van der Waals surface area contributed by atoms with Gasteiger partial charge in [-0.15, -0.1) is 0 Å². The molecule has 2 aromatic carbocycles. The Bertz CT molecular complexity index is 571. The molecule has 0 aliphatic heterocycles. The molecular formula is C21H29NO3. The van der Waals surface area contributed by atoms with Crippen molar-refractivity contribution in [3.63, 3.8) is 0 Å². The third-order valence-corrected chi connectivity index (χ3v) is 4.00. The average molecular weight is 343 g/mol. The fraction of sp³-hybridized carbons (Fsp3) is 0.429. The molecule has 0 spiro atoms. The zero-order valence-electron chi connectivity index (χ0n) is 15.0. The van der Waals surface area contributed by atoms with Gasteiger partial charge in [0.25, 0.3) is 0 Å². The van der Waals surface area contributed by atoms with E-state index >= 15 is 0 Å². The zero-order valence-corrected chi connectivity index (χ0v) is 15.0. The van der Waals surface area contributed by atoms with Crippen LogP contribution in [-0.2, 0) is 17.6 Å². The molecule has 0 bridgehead atoms. The molecule has 2 N–H and O–H groups in total. The van der Waals surface area contributed by atoms with Gasteiger partial charge in [-0.05, 0) is 49.1 Å². The number of ether oxygens (including phenoxy) is 2. The van der Waals surface area contributed by atoms with E-state index in [9.17, 15) is 5.11 Å². The first-order chi connectivity index (χ1) is 12.3. The van der Waals surface area contributed by atoms with Gasteiger partial charge in [0.15, 0.2) is 0 Å². The smallest absolute Gasteiger partial charge is 0.119 e. The van der Waals surface area contributed by atoms with Gasteiger partial charge in [0, 0.05) is 13.7 Å². The maximum absolute atomic E-state index is 9.99. The number of nitrogens with one attached hydrogen (secondary N) is 1. The molecule has 0 aliphatic rings. The summed E-state index contributed by atoms with van der Waals surface area (Å²) in [5.74, 6) is 0.782. The van der Waals surface area contributed by atoms with Crippen LogP contribution in [0.2, 0.25) is 0 Å². The Morgan fingerprint density at radius 3 is 2.40 bits per heavy atom. The Morgan fingerprint density at radius 1 is 0.960 bits per heavy atom. The van der Waals surface area contributed by atoms with Crippen LogP contribution < -0.4 is 10.1 Å². The number of rotatable bonds is 12. The fourth-order valence-corrected chi connectivity index (χ4v) is 2.55. The molecule has 1 unspecified atom stereocenters. The summed E-state index contributed by atoms with van der Waals surface area (Å²) in [5, 5.41) is 13.3. The second-order valence-corrected chi connectivity index (χ2v) is 6.14. The highest BCUT2D eigenvalue weighted by Gasteiger charge is 2.05. The third-order valence-electron chi connectivity index (χ3n) is 4.00. The number of methoxy groups -OCH3 is 1. The van der Waals surface area contributed by atoms with E-state index in [4.69, 9.17) is 9.47 Å². The van der Waals surface area contributed by atoms with Gasteiger partial charge in [0.05, 0.1) is 6.61 Å². The molecule has 0 saturated heterocycles. The highest BCUT2D eigenvalue weighted by atomic mass is 16.5. The van der Waals surface area contributed by atoms with Crippen molar-refractivity contribution in [3.8, 4) is 5.75 Å². The lowest BCUT2D eigenvalue weighted by Crippen LogP contribution is -2.32. The molecule has 0 amide bonds. The predicted molar refractivity (Wildman–Crippen MR) is 101 cm³/mol. The van der Waals surface area contributed by atoms with Crippen molar-refractivity contribution in [3.05, 3.63) is 65.7 Å². The van der Waals surface area contributed by atoms with Crippen LogP contribution in [0.1, 0.15) is 17.5 Å². The summed E-state index contributed by atoms with van der Waals surface area (Å²) in [6, 6.07) is 18.4. The maximum Gasteiger partial charge on any atom is 0.119 e. The molecule has 0 radical (unpaired) electrons. The van der Waals surface area contributed by atoms with Crippen LogP contribution >= 0.6 is 0 Å². The van der Waals surface area contributed by atoms with E-state index in [2.05, 4.69) is 29.6 Å². The second-order valence-electron chi connectivity index (χ2n) is 6.14. The Morgan fingerprint density at radius 2 is 1.68 bits per heavy atom. The summed E-state index contributed by atoms with van der Waals surface area (Å²) in [6.45, 7) is 2.44. The van der Waals surface area contributed by atoms with E-state index in [1.54, 1.807) is 7.11 Å². The van der Waals surface area contributed by atoms with Gasteiger partial charge in [-0.3, -0.25) is 0 Å². The van der Waals surface area contributed by atoms with Crippen molar-refractivity contribution < 1.29 is 14.6 Å². The third kappa shape index (κ3) is 8.16. The summed E-state index contributed by atoms with van der Waals surface area (Å²) in [6.07, 6.45) is 2.49. The van der Waals surface area contributed by atoms with Gasteiger partial charge in [-0.1, -0.05) is 42.5 Å². The van der Waals surface area contributed by atoms with E-state index in [1.165, 1.54) is 11.1 Å². The van der Waals surface area contributed by atoms with E-state index in [1.807, 2.05) is 30.3 Å². The predicted octanol–water partition coefficient (Wildman–Crippen LogP) is 2.84. The topological polar surface area (TPSA) is 50.7 Å². The second kappa shape index (κ2) is 11.6. The largest absolute Gasteiger partial charge is 0.491 e. The molecule has 4 heteroatoms. The van der Waals surface area contributed by atoms with Crippen LogP contribution in [0.5, 0.6) is 5.75 Å². The molecule has 1 atom stereocenters. The van der Waals surface area contributed by atoms with Crippen molar-refractivity contribution in [2.75, 3.05) is 33.4 Å². The van der Waals surface area contributed by atoms with Crippen LogP contribution in [0.15, 0.2) is 54.6 Å². The minimum atomic E-state index is -0.509. The Kier molecular flexibility index (Phi) is 9.05. The molecule has 0 aliphatic carbocycles. The first-order valence-corrected chi connectivity index (χ1v) is 8.91. The SMILES string of the molecule is COCCc1ccc(OCC(O)CNCCCc2ccccc2)cc1. The normalized spacial score (nSPS) is 12.1. The lowest BCUT2D eigenvalue weighted by Gasteiger charge is -2.13. The minimum absolute atomic E-state index is 0.295. The minimum Gasteiger partial charge on any atom is -0.491 e. The van der Waals surface area contributed by atoms with E-state index in [0.29, 0.717) is 13.2 Å². The van der Waals surface area contributed by atoms with Crippen LogP contribution in [0.4, 0.5) is 0 Å². The first-order valence-electron chi connectivity index (χ1n) is 8.91. The summed E-state index contributed by atoms with van der Waals surface area (Å²) in [5.41, 5.74) is 2.57. The molecule has 4 nitrogen and oxygen atoms in total.